The molecule has 4 rings (SSSR count). The SMILES string of the molecule is CCOc1ccccc1N(CC(=O)N(Cc1c(Cl)cccc1Cl)[C@H](Cc1ccccc1)C(=O)NC)S(=O)(=O)c1ccc(C)cc1. The second-order valence-corrected chi connectivity index (χ2v) is 12.9. The third-order valence-corrected chi connectivity index (χ3v) is 9.71. The van der Waals surface area contributed by atoms with Crippen LogP contribution < -0.4 is 14.4 Å². The van der Waals surface area contributed by atoms with Crippen molar-refractivity contribution in [2.24, 2.45) is 0 Å². The number of hydrogen-bond acceptors (Lipinski definition) is 5. The number of aryl methyl sites for hydroxylation is 1. The Morgan fingerprint density at radius 3 is 2.11 bits per heavy atom. The Balaban J connectivity index is 1.85. The van der Waals surface area contributed by atoms with E-state index in [9.17, 15) is 18.0 Å². The van der Waals surface area contributed by atoms with E-state index in [1.54, 1.807) is 61.5 Å². The molecule has 0 heterocycles. The highest BCUT2D eigenvalue weighted by atomic mass is 35.5. The Labute approximate surface area is 274 Å². The van der Waals surface area contributed by atoms with Crippen molar-refractivity contribution in [3.05, 3.63) is 124 Å². The number of ether oxygens (including phenoxy) is 1. The summed E-state index contributed by atoms with van der Waals surface area (Å²) in [5.41, 5.74) is 2.30. The van der Waals surface area contributed by atoms with Gasteiger partial charge >= 0.3 is 0 Å². The molecule has 0 saturated carbocycles. The van der Waals surface area contributed by atoms with Gasteiger partial charge < -0.3 is 15.0 Å². The molecule has 0 aromatic heterocycles. The quantitative estimate of drug-likeness (QED) is 0.181. The van der Waals surface area contributed by atoms with Crippen LogP contribution in [0, 0.1) is 6.92 Å². The van der Waals surface area contributed by atoms with Crippen LogP contribution in [0.15, 0.2) is 102 Å². The first-order valence-corrected chi connectivity index (χ1v) is 16.6. The molecule has 11 heteroatoms. The zero-order chi connectivity index (χ0) is 32.6. The van der Waals surface area contributed by atoms with Crippen LogP contribution in [0.5, 0.6) is 5.75 Å². The first-order chi connectivity index (χ1) is 21.6. The second kappa shape index (κ2) is 15.3. The van der Waals surface area contributed by atoms with E-state index in [4.69, 9.17) is 27.9 Å². The van der Waals surface area contributed by atoms with E-state index >= 15 is 0 Å². The van der Waals surface area contributed by atoms with Gasteiger partial charge in [0.05, 0.1) is 17.2 Å². The van der Waals surface area contributed by atoms with E-state index in [1.807, 2.05) is 37.3 Å². The van der Waals surface area contributed by atoms with Crippen molar-refractivity contribution in [1.82, 2.24) is 10.2 Å². The number of likely N-dealkylation sites (N-methyl/N-ethyl adjacent to an activating group) is 1. The molecule has 1 atom stereocenters. The number of carbonyl (C=O) groups is 2. The number of halogens is 2. The van der Waals surface area contributed by atoms with Gasteiger partial charge in [-0.25, -0.2) is 8.42 Å². The molecule has 0 spiro atoms. The molecule has 0 aliphatic rings. The molecule has 2 amide bonds. The van der Waals surface area contributed by atoms with Crippen LogP contribution in [-0.4, -0.2) is 51.4 Å². The number of amides is 2. The summed E-state index contributed by atoms with van der Waals surface area (Å²) in [6.45, 7) is 3.13. The van der Waals surface area contributed by atoms with E-state index in [0.29, 0.717) is 15.6 Å². The molecule has 1 N–H and O–H groups in total. The van der Waals surface area contributed by atoms with Crippen LogP contribution in [0.1, 0.15) is 23.6 Å². The van der Waals surface area contributed by atoms with Crippen molar-refractivity contribution in [2.75, 3.05) is 24.5 Å². The molecule has 0 bridgehead atoms. The van der Waals surface area contributed by atoms with E-state index in [-0.39, 0.29) is 35.9 Å². The summed E-state index contributed by atoms with van der Waals surface area (Å²) in [5.74, 6) is -0.785. The maximum atomic E-state index is 14.5. The van der Waals surface area contributed by atoms with Gasteiger partial charge in [0, 0.05) is 35.6 Å². The largest absolute Gasteiger partial charge is 0.492 e. The number of benzene rings is 4. The van der Waals surface area contributed by atoms with Gasteiger partial charge in [0.25, 0.3) is 10.0 Å². The van der Waals surface area contributed by atoms with Crippen molar-refractivity contribution < 1.29 is 22.7 Å². The molecule has 0 fully saturated rings. The van der Waals surface area contributed by atoms with E-state index in [2.05, 4.69) is 5.32 Å². The average molecular weight is 669 g/mol. The maximum Gasteiger partial charge on any atom is 0.264 e. The van der Waals surface area contributed by atoms with Crippen LogP contribution in [0.4, 0.5) is 5.69 Å². The summed E-state index contributed by atoms with van der Waals surface area (Å²) in [7, 11) is -2.80. The average Bonchev–Trinajstić information content (AvgIpc) is 3.03. The molecule has 0 aliphatic carbocycles. The molecular formula is C34H35Cl2N3O5S. The summed E-state index contributed by atoms with van der Waals surface area (Å²) < 4.78 is 35.3. The van der Waals surface area contributed by atoms with Gasteiger partial charge in [-0.1, -0.05) is 89.4 Å². The molecule has 0 radical (unpaired) electrons. The standard InChI is InChI=1S/C34H35Cl2N3O5S/c1-4-44-32-16-9-8-15-30(32)39(45(42,43)26-19-17-24(2)18-20-26)23-33(40)38(22-27-28(35)13-10-14-29(27)36)31(34(41)37-3)21-25-11-6-5-7-12-25/h5-20,31H,4,21-23H2,1-3H3,(H,37,41)/t31-/m1/s1. The predicted octanol–water partition coefficient (Wildman–Crippen LogP) is 6.28. The molecule has 8 nitrogen and oxygen atoms in total. The minimum atomic E-state index is -4.29. The summed E-state index contributed by atoms with van der Waals surface area (Å²) >= 11 is 13.1. The summed E-state index contributed by atoms with van der Waals surface area (Å²) in [4.78, 5) is 29.3. The Morgan fingerprint density at radius 2 is 1.49 bits per heavy atom. The lowest BCUT2D eigenvalue weighted by molar-refractivity contribution is -0.139. The predicted molar refractivity (Wildman–Crippen MR) is 178 cm³/mol. The van der Waals surface area contributed by atoms with E-state index < -0.39 is 34.4 Å². The molecule has 4 aromatic rings. The Kier molecular flexibility index (Phi) is 11.5. The molecule has 0 unspecified atom stereocenters. The lowest BCUT2D eigenvalue weighted by atomic mass is 10.0. The van der Waals surface area contributed by atoms with E-state index in [1.165, 1.54) is 24.1 Å². The summed E-state index contributed by atoms with van der Waals surface area (Å²) in [6, 6.07) is 26.2. The second-order valence-electron chi connectivity index (χ2n) is 10.3. The topological polar surface area (TPSA) is 96.0 Å². The van der Waals surface area contributed by atoms with Gasteiger partial charge in [0.2, 0.25) is 11.8 Å². The molecule has 236 valence electrons. The van der Waals surface area contributed by atoms with Gasteiger partial charge in [-0.3, -0.25) is 13.9 Å². The molecule has 45 heavy (non-hydrogen) atoms. The highest BCUT2D eigenvalue weighted by Gasteiger charge is 2.35. The first kappa shape index (κ1) is 33.8. The molecule has 0 saturated heterocycles. The number of carbonyl (C=O) groups excluding carboxylic acids is 2. The van der Waals surface area contributed by atoms with Crippen molar-refractivity contribution in [3.63, 3.8) is 0 Å². The number of nitrogens with one attached hydrogen (secondary N) is 1. The monoisotopic (exact) mass is 667 g/mol. The number of rotatable bonds is 13. The zero-order valence-electron chi connectivity index (χ0n) is 25.2. The van der Waals surface area contributed by atoms with Gasteiger partial charge in [-0.2, -0.15) is 0 Å². The fourth-order valence-corrected chi connectivity index (χ4v) is 6.81. The zero-order valence-corrected chi connectivity index (χ0v) is 27.6. The fourth-order valence-electron chi connectivity index (χ4n) is 4.87. The van der Waals surface area contributed by atoms with Crippen molar-refractivity contribution in [2.45, 2.75) is 37.8 Å². The van der Waals surface area contributed by atoms with Crippen molar-refractivity contribution in [3.8, 4) is 5.75 Å². The van der Waals surface area contributed by atoms with Gasteiger partial charge in [0.1, 0.15) is 18.3 Å². The minimum absolute atomic E-state index is 0.0000339. The summed E-state index contributed by atoms with van der Waals surface area (Å²) in [6.07, 6.45) is 0.161. The molecule has 4 aromatic carbocycles. The lowest BCUT2D eigenvalue weighted by Gasteiger charge is -2.34. The Bertz CT molecular complexity index is 1710. The van der Waals surface area contributed by atoms with Gasteiger partial charge in [-0.15, -0.1) is 0 Å². The Hall–Kier alpha value is -4.05. The lowest BCUT2D eigenvalue weighted by Crippen LogP contribution is -2.53. The maximum absolute atomic E-state index is 14.5. The third-order valence-electron chi connectivity index (χ3n) is 7.23. The number of sulfonamides is 1. The summed E-state index contributed by atoms with van der Waals surface area (Å²) in [5, 5.41) is 3.27. The van der Waals surface area contributed by atoms with Crippen molar-refractivity contribution in [1.29, 1.82) is 0 Å². The number of para-hydroxylation sites is 2. The van der Waals surface area contributed by atoms with Crippen LogP contribution in [-0.2, 0) is 32.6 Å². The normalized spacial score (nSPS) is 11.8. The third kappa shape index (κ3) is 8.16. The number of nitrogens with zero attached hydrogens (tertiary/aromatic N) is 2. The van der Waals surface area contributed by atoms with Crippen LogP contribution in [0.2, 0.25) is 10.0 Å². The minimum Gasteiger partial charge on any atom is -0.492 e. The fraction of sp³-hybridized carbons (Fsp3) is 0.235. The smallest absolute Gasteiger partial charge is 0.264 e. The number of anilines is 1. The van der Waals surface area contributed by atoms with Crippen LogP contribution >= 0.6 is 23.2 Å². The van der Waals surface area contributed by atoms with Crippen LogP contribution in [0.3, 0.4) is 0 Å². The first-order valence-electron chi connectivity index (χ1n) is 14.4. The number of hydrogen-bond donors (Lipinski definition) is 1. The van der Waals surface area contributed by atoms with Crippen molar-refractivity contribution >= 4 is 50.7 Å². The Morgan fingerprint density at radius 1 is 0.867 bits per heavy atom. The van der Waals surface area contributed by atoms with Crippen LogP contribution in [0.25, 0.3) is 0 Å². The van der Waals surface area contributed by atoms with Gasteiger partial charge in [-0.05, 0) is 55.8 Å². The molecule has 0 aliphatic heterocycles. The van der Waals surface area contributed by atoms with Gasteiger partial charge in [0.15, 0.2) is 0 Å². The highest BCUT2D eigenvalue weighted by Crippen LogP contribution is 2.34. The van der Waals surface area contributed by atoms with E-state index in [0.717, 1.165) is 15.4 Å². The highest BCUT2D eigenvalue weighted by molar-refractivity contribution is 7.92. The molecular weight excluding hydrogens is 633 g/mol.